The minimum atomic E-state index is 0.00505. The Labute approximate surface area is 346 Å². The Morgan fingerprint density at radius 3 is 1.29 bits per heavy atom. The molecule has 2 heterocycles. The molecule has 2 aliphatic rings. The monoisotopic (exact) mass is 774 g/mol. The number of nitrogens with zero attached hydrogens (tertiary/aromatic N) is 2. The van der Waals surface area contributed by atoms with E-state index in [0.29, 0.717) is 11.1 Å². The third-order valence-electron chi connectivity index (χ3n) is 12.8. The Morgan fingerprint density at radius 1 is 0.482 bits per heavy atom. The topological polar surface area (TPSA) is 45.2 Å². The van der Waals surface area contributed by atoms with Gasteiger partial charge in [0.15, 0.2) is 5.71 Å². The number of carbonyl (C=O) groups excluding carboxylic acids is 1. The Balaban J connectivity index is 1.35. The van der Waals surface area contributed by atoms with E-state index in [9.17, 15) is 9.90 Å². The molecule has 0 spiro atoms. The van der Waals surface area contributed by atoms with Crippen LogP contribution in [0, 0.1) is 0 Å². The minimum absolute atomic E-state index is 0.00505. The Kier molecular flexibility index (Phi) is 26.3. The molecule has 0 aromatic carbocycles. The van der Waals surface area contributed by atoms with Crippen LogP contribution in [0.2, 0.25) is 0 Å². The van der Waals surface area contributed by atoms with E-state index < -0.39 is 0 Å². The van der Waals surface area contributed by atoms with Gasteiger partial charge >= 0.3 is 0 Å². The zero-order valence-corrected chi connectivity index (χ0v) is 37.5. The maximum absolute atomic E-state index is 13.8. The van der Waals surface area contributed by atoms with Crippen molar-refractivity contribution in [3.8, 4) is 0 Å². The maximum Gasteiger partial charge on any atom is 0.220 e. The normalized spacial score (nSPS) is 15.6. The number of hydrogen-bond acceptors (Lipinski definition) is 2. The van der Waals surface area contributed by atoms with Gasteiger partial charge in [-0.05, 0) is 31.4 Å². The summed E-state index contributed by atoms with van der Waals surface area (Å²) in [5, 5.41) is 11.5. The highest BCUT2D eigenvalue weighted by atomic mass is 16.3. The number of unbranched alkanes of at least 4 members (excludes halogenated alkanes) is 30. The van der Waals surface area contributed by atoms with E-state index in [4.69, 9.17) is 0 Å². The van der Waals surface area contributed by atoms with Crippen LogP contribution in [0.15, 0.2) is 41.3 Å². The van der Waals surface area contributed by atoms with Crippen LogP contribution in [0.5, 0.6) is 0 Å². The van der Waals surface area contributed by atoms with Crippen LogP contribution in [-0.2, 0) is 17.8 Å². The Morgan fingerprint density at radius 2 is 0.893 bits per heavy atom. The molecule has 1 aromatic heterocycles. The molecule has 0 fully saturated rings. The van der Waals surface area contributed by atoms with E-state index in [-0.39, 0.29) is 11.5 Å². The number of rotatable bonds is 37. The molecule has 0 atom stereocenters. The second kappa shape index (κ2) is 30.7. The lowest BCUT2D eigenvalue weighted by molar-refractivity contribution is -0.470. The zero-order valence-electron chi connectivity index (χ0n) is 37.5. The minimum Gasteiger partial charge on any atom is -0.506 e. The second-order valence-corrected chi connectivity index (χ2v) is 17.5. The summed E-state index contributed by atoms with van der Waals surface area (Å²) in [7, 11) is 0. The van der Waals surface area contributed by atoms with Crippen molar-refractivity contribution >= 4 is 17.1 Å². The van der Waals surface area contributed by atoms with E-state index in [0.717, 1.165) is 50.2 Å². The number of ketones is 1. The number of aromatic nitrogens is 1. The molecule has 1 N–H and O–H groups in total. The van der Waals surface area contributed by atoms with Gasteiger partial charge in [0.1, 0.15) is 17.9 Å². The van der Waals surface area contributed by atoms with Gasteiger partial charge in [0, 0.05) is 37.2 Å². The molecule has 4 nitrogen and oxygen atoms in total. The van der Waals surface area contributed by atoms with E-state index in [1.54, 1.807) is 0 Å². The van der Waals surface area contributed by atoms with Gasteiger partial charge in [-0.1, -0.05) is 214 Å². The first-order chi connectivity index (χ1) is 27.6. The van der Waals surface area contributed by atoms with Gasteiger partial charge in [0.25, 0.3) is 0 Å². The zero-order chi connectivity index (χ0) is 40.1. The number of carbonyl (C=O) groups is 1. The molecular formula is C52H89N2O2+. The first-order valence-electron chi connectivity index (χ1n) is 24.8. The van der Waals surface area contributed by atoms with Gasteiger partial charge in [-0.2, -0.15) is 4.58 Å². The van der Waals surface area contributed by atoms with Crippen LogP contribution in [0.4, 0.5) is 0 Å². The molecule has 1 aliphatic carbocycles. The molecule has 0 radical (unpaired) electrons. The molecule has 0 unspecified atom stereocenters. The van der Waals surface area contributed by atoms with Crippen LogP contribution in [0.1, 0.15) is 251 Å². The highest BCUT2D eigenvalue weighted by Gasteiger charge is 2.43. The van der Waals surface area contributed by atoms with Crippen molar-refractivity contribution in [2.24, 2.45) is 0 Å². The number of Topliss-reactive ketones (excluding diaryl/α,β-unsaturated/α-hetero) is 1. The lowest BCUT2D eigenvalue weighted by Crippen LogP contribution is -2.28. The Hall–Kier alpha value is -2.36. The summed E-state index contributed by atoms with van der Waals surface area (Å²) in [6.07, 6.45) is 49.8. The number of aliphatic hydroxyl groups is 1. The number of allylic oxidation sites excluding steroid dienone is 4. The maximum atomic E-state index is 13.8. The van der Waals surface area contributed by atoms with Crippen molar-refractivity contribution in [1.29, 1.82) is 0 Å². The summed E-state index contributed by atoms with van der Waals surface area (Å²) in [6.45, 7) is 10.8. The fraction of sp³-hybridized carbons (Fsp3) is 0.769. The number of hydrogen-bond donors (Lipinski definition) is 1. The molecule has 1 aromatic rings. The first kappa shape index (κ1) is 48.0. The Bertz CT molecular complexity index is 1340. The molecule has 318 valence electrons. The molecule has 3 rings (SSSR count). The number of aliphatic hydroxyl groups excluding tert-OH is 1. The predicted octanol–water partition coefficient (Wildman–Crippen LogP) is 16.1. The molecule has 0 bridgehead atoms. The molecule has 0 saturated heterocycles. The fourth-order valence-corrected chi connectivity index (χ4v) is 9.12. The largest absolute Gasteiger partial charge is 0.506 e. The van der Waals surface area contributed by atoms with Crippen LogP contribution in [-0.4, -0.2) is 32.3 Å². The average Bonchev–Trinajstić information content (AvgIpc) is 3.80. The van der Waals surface area contributed by atoms with Gasteiger partial charge in [-0.25, -0.2) is 0 Å². The van der Waals surface area contributed by atoms with Crippen molar-refractivity contribution in [3.63, 3.8) is 0 Å². The SMILES string of the molecule is CCCCCCCCCCCCCCCCCCn1c(CC)ccc1C1=C(O)/C(=C2\C=CC(CC)=[N+]2CCCCCCCCCCCCCCCCCC)C1=O. The van der Waals surface area contributed by atoms with Crippen molar-refractivity contribution in [2.75, 3.05) is 6.54 Å². The summed E-state index contributed by atoms with van der Waals surface area (Å²) in [4.78, 5) is 13.8. The molecule has 0 saturated carbocycles. The summed E-state index contributed by atoms with van der Waals surface area (Å²) < 4.78 is 4.63. The summed E-state index contributed by atoms with van der Waals surface area (Å²) in [5.74, 6) is 0.198. The summed E-state index contributed by atoms with van der Waals surface area (Å²) in [6, 6.07) is 4.22. The lowest BCUT2D eigenvalue weighted by atomic mass is 9.84. The van der Waals surface area contributed by atoms with Crippen LogP contribution in [0.25, 0.3) is 5.57 Å². The van der Waals surface area contributed by atoms with Crippen molar-refractivity contribution in [1.82, 2.24) is 4.57 Å². The van der Waals surface area contributed by atoms with Crippen molar-refractivity contribution < 1.29 is 14.5 Å². The summed E-state index contributed by atoms with van der Waals surface area (Å²) >= 11 is 0. The van der Waals surface area contributed by atoms with E-state index >= 15 is 0 Å². The highest BCUT2D eigenvalue weighted by molar-refractivity contribution is 6.39. The second-order valence-electron chi connectivity index (χ2n) is 17.5. The third kappa shape index (κ3) is 17.2. The van der Waals surface area contributed by atoms with E-state index in [2.05, 4.69) is 61.1 Å². The highest BCUT2D eigenvalue weighted by Crippen LogP contribution is 2.40. The molecule has 1 aliphatic heterocycles. The smallest absolute Gasteiger partial charge is 0.220 e. The van der Waals surface area contributed by atoms with Crippen molar-refractivity contribution in [3.05, 3.63) is 52.7 Å². The fourth-order valence-electron chi connectivity index (χ4n) is 9.12. The third-order valence-corrected chi connectivity index (χ3v) is 12.8. The molecular weight excluding hydrogens is 685 g/mol. The van der Waals surface area contributed by atoms with Gasteiger partial charge < -0.3 is 9.67 Å². The predicted molar refractivity (Wildman–Crippen MR) is 244 cm³/mol. The first-order valence-corrected chi connectivity index (χ1v) is 24.8. The van der Waals surface area contributed by atoms with E-state index in [1.165, 1.54) is 204 Å². The lowest BCUT2D eigenvalue weighted by Gasteiger charge is -2.23. The molecule has 4 heteroatoms. The van der Waals surface area contributed by atoms with Crippen LogP contribution < -0.4 is 0 Å². The quantitative estimate of drug-likeness (QED) is 0.0416. The van der Waals surface area contributed by atoms with Gasteiger partial charge in [0.2, 0.25) is 11.5 Å². The van der Waals surface area contributed by atoms with Gasteiger partial charge in [0.05, 0.1) is 11.3 Å². The average molecular weight is 774 g/mol. The number of aryl methyl sites for hydroxylation is 1. The summed E-state index contributed by atoms with van der Waals surface area (Å²) in [5.41, 5.74) is 5.35. The van der Waals surface area contributed by atoms with Crippen LogP contribution >= 0.6 is 0 Å². The molecule has 56 heavy (non-hydrogen) atoms. The van der Waals surface area contributed by atoms with Gasteiger partial charge in [-0.15, -0.1) is 0 Å². The standard InChI is InChI=1S/C52H88N2O2/c1-5-9-11-13-15-17-19-21-23-25-27-29-31-33-35-37-43-53-45(7-3)39-41-47(53)49-51(55)50(52(49)56)48-42-40-46(8-4)54(48)44-38-36-34-32-30-28-26-24-22-20-18-16-14-12-10-6-2/h39-42H,5-38,43-44H2,1-4H3/p+1. The molecule has 0 amide bonds. The van der Waals surface area contributed by atoms with Crippen LogP contribution in [0.3, 0.4) is 0 Å². The van der Waals surface area contributed by atoms with Gasteiger partial charge in [-0.3, -0.25) is 4.79 Å². The van der Waals surface area contributed by atoms with E-state index in [1.807, 2.05) is 0 Å². The van der Waals surface area contributed by atoms with Crippen molar-refractivity contribution in [2.45, 2.75) is 253 Å².